The zero-order chi connectivity index (χ0) is 17.0. The second kappa shape index (κ2) is 7.23. The minimum Gasteiger partial charge on any atom is -0.357 e. The average molecular weight is 350 g/mol. The van der Waals surface area contributed by atoms with Crippen LogP contribution in [-0.2, 0) is 22.3 Å². The number of halogens is 1. The fraction of sp³-hybridized carbons (Fsp3) is 0.375. The van der Waals surface area contributed by atoms with Gasteiger partial charge in [-0.25, -0.2) is 27.5 Å². The van der Waals surface area contributed by atoms with E-state index in [1.807, 2.05) is 6.07 Å². The summed E-state index contributed by atoms with van der Waals surface area (Å²) in [4.78, 5) is 10.6. The molecular formula is C16H19FN4O2S. The Morgan fingerprint density at radius 3 is 2.67 bits per heavy atom. The maximum Gasteiger partial charge on any atom is 0.216 e. The van der Waals surface area contributed by atoms with Gasteiger partial charge in [-0.1, -0.05) is 18.2 Å². The Kier molecular flexibility index (Phi) is 5.06. The van der Waals surface area contributed by atoms with Crippen molar-refractivity contribution in [3.63, 3.8) is 0 Å². The van der Waals surface area contributed by atoms with Gasteiger partial charge >= 0.3 is 0 Å². The number of nitrogens with zero attached hydrogens (tertiary/aromatic N) is 3. The summed E-state index contributed by atoms with van der Waals surface area (Å²) in [5.41, 5.74) is 0.136. The van der Waals surface area contributed by atoms with E-state index in [1.54, 1.807) is 12.3 Å². The SMILES string of the molecule is O=S(=O)(Cc1ccccc1F)NCc1nccc(N2CCCC2)n1. The van der Waals surface area contributed by atoms with Crippen molar-refractivity contribution in [1.29, 1.82) is 0 Å². The number of hydrogen-bond acceptors (Lipinski definition) is 5. The molecule has 1 aliphatic heterocycles. The first-order valence-corrected chi connectivity index (χ1v) is 9.46. The minimum atomic E-state index is -3.67. The Hall–Kier alpha value is -2.06. The molecule has 1 fully saturated rings. The van der Waals surface area contributed by atoms with E-state index in [-0.39, 0.29) is 12.1 Å². The molecule has 0 spiro atoms. The van der Waals surface area contributed by atoms with Crippen LogP contribution in [0.4, 0.5) is 10.2 Å². The summed E-state index contributed by atoms with van der Waals surface area (Å²) in [5, 5.41) is 0. The van der Waals surface area contributed by atoms with Gasteiger partial charge in [-0.2, -0.15) is 0 Å². The summed E-state index contributed by atoms with van der Waals surface area (Å²) in [6.45, 7) is 1.89. The highest BCUT2D eigenvalue weighted by atomic mass is 32.2. The Morgan fingerprint density at radius 2 is 1.92 bits per heavy atom. The molecule has 2 heterocycles. The van der Waals surface area contributed by atoms with Crippen LogP contribution in [0.15, 0.2) is 36.5 Å². The quantitative estimate of drug-likeness (QED) is 0.860. The monoisotopic (exact) mass is 350 g/mol. The van der Waals surface area contributed by atoms with Crippen molar-refractivity contribution in [2.75, 3.05) is 18.0 Å². The predicted octanol–water partition coefficient (Wildman–Crippen LogP) is 1.84. The highest BCUT2D eigenvalue weighted by Gasteiger charge is 2.17. The average Bonchev–Trinajstić information content (AvgIpc) is 3.10. The van der Waals surface area contributed by atoms with Crippen LogP contribution in [0, 0.1) is 5.82 Å². The van der Waals surface area contributed by atoms with E-state index in [2.05, 4.69) is 19.6 Å². The Balaban J connectivity index is 1.64. The normalized spacial score (nSPS) is 15.0. The fourth-order valence-electron chi connectivity index (χ4n) is 2.64. The molecule has 1 aliphatic rings. The van der Waals surface area contributed by atoms with Crippen molar-refractivity contribution in [1.82, 2.24) is 14.7 Å². The van der Waals surface area contributed by atoms with Crippen molar-refractivity contribution in [3.8, 4) is 0 Å². The lowest BCUT2D eigenvalue weighted by Crippen LogP contribution is -2.26. The Morgan fingerprint density at radius 1 is 1.17 bits per heavy atom. The third-order valence-electron chi connectivity index (χ3n) is 3.87. The second-order valence-corrected chi connectivity index (χ2v) is 7.50. The molecule has 1 saturated heterocycles. The standard InChI is InChI=1S/C16H19FN4O2S/c17-14-6-2-1-5-13(14)12-24(22,23)19-11-15-18-8-7-16(20-15)21-9-3-4-10-21/h1-2,5-8,19H,3-4,9-12H2. The molecule has 0 amide bonds. The van der Waals surface area contributed by atoms with E-state index in [1.165, 1.54) is 18.2 Å². The molecule has 0 radical (unpaired) electrons. The van der Waals surface area contributed by atoms with Crippen LogP contribution in [-0.4, -0.2) is 31.5 Å². The van der Waals surface area contributed by atoms with Crippen LogP contribution in [0.1, 0.15) is 24.2 Å². The molecule has 0 bridgehead atoms. The van der Waals surface area contributed by atoms with E-state index >= 15 is 0 Å². The highest BCUT2D eigenvalue weighted by molar-refractivity contribution is 7.88. The molecule has 0 saturated carbocycles. The zero-order valence-electron chi connectivity index (χ0n) is 13.2. The van der Waals surface area contributed by atoms with Crippen molar-refractivity contribution in [2.45, 2.75) is 25.1 Å². The van der Waals surface area contributed by atoms with E-state index < -0.39 is 21.6 Å². The third-order valence-corrected chi connectivity index (χ3v) is 5.15. The van der Waals surface area contributed by atoms with Crippen LogP contribution in [0.3, 0.4) is 0 Å². The topological polar surface area (TPSA) is 75.2 Å². The first-order valence-electron chi connectivity index (χ1n) is 7.81. The maximum absolute atomic E-state index is 13.6. The summed E-state index contributed by atoms with van der Waals surface area (Å²) in [7, 11) is -3.67. The molecule has 3 rings (SSSR count). The number of anilines is 1. The van der Waals surface area contributed by atoms with Crippen molar-refractivity contribution in [3.05, 3.63) is 53.7 Å². The number of hydrogen-bond donors (Lipinski definition) is 1. The van der Waals surface area contributed by atoms with Crippen molar-refractivity contribution in [2.24, 2.45) is 0 Å². The summed E-state index contributed by atoms with van der Waals surface area (Å²) < 4.78 is 40.3. The van der Waals surface area contributed by atoms with E-state index in [0.717, 1.165) is 31.7 Å². The van der Waals surface area contributed by atoms with Gasteiger partial charge < -0.3 is 4.90 Å². The van der Waals surface area contributed by atoms with Crippen LogP contribution in [0.5, 0.6) is 0 Å². The molecule has 2 aromatic rings. The first-order chi connectivity index (χ1) is 11.5. The molecule has 24 heavy (non-hydrogen) atoms. The minimum absolute atomic E-state index is 0.0154. The summed E-state index contributed by atoms with van der Waals surface area (Å²) in [5.74, 6) is 0.267. The number of benzene rings is 1. The molecule has 1 N–H and O–H groups in total. The molecule has 1 aromatic heterocycles. The summed E-state index contributed by atoms with van der Waals surface area (Å²) >= 11 is 0. The molecule has 6 nitrogen and oxygen atoms in total. The number of aromatic nitrogens is 2. The molecule has 0 unspecified atom stereocenters. The Bertz CT molecular complexity index is 807. The van der Waals surface area contributed by atoms with Crippen LogP contribution in [0.25, 0.3) is 0 Å². The van der Waals surface area contributed by atoms with Gasteiger partial charge in [-0.3, -0.25) is 0 Å². The molecule has 1 aromatic carbocycles. The van der Waals surface area contributed by atoms with E-state index in [0.29, 0.717) is 5.82 Å². The van der Waals surface area contributed by atoms with Gasteiger partial charge in [-0.15, -0.1) is 0 Å². The largest absolute Gasteiger partial charge is 0.357 e. The third kappa shape index (κ3) is 4.27. The molecule has 8 heteroatoms. The molecular weight excluding hydrogens is 331 g/mol. The van der Waals surface area contributed by atoms with Gasteiger partial charge in [-0.05, 0) is 25.0 Å². The van der Waals surface area contributed by atoms with Crippen LogP contribution < -0.4 is 9.62 Å². The molecule has 0 aliphatic carbocycles. The number of sulfonamides is 1. The smallest absolute Gasteiger partial charge is 0.216 e. The maximum atomic E-state index is 13.6. The summed E-state index contributed by atoms with van der Waals surface area (Å²) in [6.07, 6.45) is 3.89. The lowest BCUT2D eigenvalue weighted by atomic mass is 10.2. The fourth-order valence-corrected chi connectivity index (χ4v) is 3.74. The Labute approximate surface area is 140 Å². The van der Waals surface area contributed by atoms with Crippen LogP contribution in [0.2, 0.25) is 0 Å². The zero-order valence-corrected chi connectivity index (χ0v) is 14.0. The van der Waals surface area contributed by atoms with Gasteiger partial charge in [0.2, 0.25) is 10.0 Å². The van der Waals surface area contributed by atoms with E-state index in [9.17, 15) is 12.8 Å². The van der Waals surface area contributed by atoms with Crippen LogP contribution >= 0.6 is 0 Å². The van der Waals surface area contributed by atoms with Crippen molar-refractivity contribution >= 4 is 15.8 Å². The number of nitrogens with one attached hydrogen (secondary N) is 1. The van der Waals surface area contributed by atoms with Gasteiger partial charge in [0.1, 0.15) is 17.5 Å². The van der Waals surface area contributed by atoms with Gasteiger partial charge in [0.15, 0.2) is 0 Å². The van der Waals surface area contributed by atoms with Crippen molar-refractivity contribution < 1.29 is 12.8 Å². The van der Waals surface area contributed by atoms with Gasteiger partial charge in [0.05, 0.1) is 12.3 Å². The first kappa shape index (κ1) is 16.8. The lowest BCUT2D eigenvalue weighted by Gasteiger charge is -2.16. The summed E-state index contributed by atoms with van der Waals surface area (Å²) in [6, 6.07) is 7.66. The highest BCUT2D eigenvalue weighted by Crippen LogP contribution is 2.17. The molecule has 0 atom stereocenters. The second-order valence-electron chi connectivity index (χ2n) is 5.70. The number of rotatable bonds is 6. The van der Waals surface area contributed by atoms with E-state index in [4.69, 9.17) is 0 Å². The van der Waals surface area contributed by atoms with Gasteiger partial charge in [0.25, 0.3) is 0 Å². The predicted molar refractivity (Wildman–Crippen MR) is 89.3 cm³/mol. The molecule has 128 valence electrons. The lowest BCUT2D eigenvalue weighted by molar-refractivity contribution is 0.572. The van der Waals surface area contributed by atoms with Gasteiger partial charge in [0, 0.05) is 24.8 Å².